The lowest BCUT2D eigenvalue weighted by Gasteiger charge is -2.44. The normalized spacial score (nSPS) is 21.6. The molecule has 0 aliphatic carbocycles. The van der Waals surface area contributed by atoms with E-state index >= 15 is 0 Å². The number of anilines is 1. The van der Waals surface area contributed by atoms with Crippen LogP contribution in [0.3, 0.4) is 0 Å². The van der Waals surface area contributed by atoms with E-state index in [1.807, 2.05) is 0 Å². The van der Waals surface area contributed by atoms with Crippen LogP contribution in [0.5, 0.6) is 0 Å². The van der Waals surface area contributed by atoms with Crippen LogP contribution in [0, 0.1) is 5.82 Å². The minimum Gasteiger partial charge on any atom is -0.356 e. The van der Waals surface area contributed by atoms with E-state index in [0.29, 0.717) is 11.7 Å². The van der Waals surface area contributed by atoms with Gasteiger partial charge in [0.25, 0.3) is 0 Å². The van der Waals surface area contributed by atoms with Crippen molar-refractivity contribution in [2.45, 2.75) is 44.7 Å². The molecule has 4 nitrogen and oxygen atoms in total. The molecule has 2 aromatic carbocycles. The summed E-state index contributed by atoms with van der Waals surface area (Å²) >= 11 is 0. The van der Waals surface area contributed by atoms with E-state index in [4.69, 9.17) is 4.52 Å². The number of benzene rings is 2. The van der Waals surface area contributed by atoms with Crippen molar-refractivity contribution in [3.8, 4) is 0 Å². The van der Waals surface area contributed by atoms with Crippen molar-refractivity contribution in [2.24, 2.45) is 0 Å². The molecule has 28 heavy (non-hydrogen) atoms. The fraction of sp³-hybridized carbons (Fsp3) is 0.435. The Kier molecular flexibility index (Phi) is 4.55. The second kappa shape index (κ2) is 7.21. The summed E-state index contributed by atoms with van der Waals surface area (Å²) in [5.74, 6) is -0.117. The van der Waals surface area contributed by atoms with Gasteiger partial charge in [0.15, 0.2) is 5.58 Å². The third kappa shape index (κ3) is 2.98. The fourth-order valence-electron chi connectivity index (χ4n) is 4.93. The van der Waals surface area contributed by atoms with Crippen LogP contribution in [-0.2, 0) is 0 Å². The lowest BCUT2D eigenvalue weighted by Crippen LogP contribution is -2.50. The van der Waals surface area contributed by atoms with Gasteiger partial charge in [-0.15, -0.1) is 0 Å². The van der Waals surface area contributed by atoms with Crippen molar-refractivity contribution in [3.05, 3.63) is 59.5 Å². The van der Waals surface area contributed by atoms with Gasteiger partial charge in [-0.1, -0.05) is 29.8 Å². The second-order valence-electron chi connectivity index (χ2n) is 8.03. The molecule has 2 atom stereocenters. The van der Waals surface area contributed by atoms with Crippen LogP contribution < -0.4 is 4.90 Å². The predicted octanol–water partition coefficient (Wildman–Crippen LogP) is 5.14. The Bertz CT molecular complexity index is 979. The first-order valence-electron chi connectivity index (χ1n) is 10.4. The molecule has 0 amide bonds. The number of piperidine rings is 1. The average Bonchev–Trinajstić information content (AvgIpc) is 3.16. The maximum Gasteiger partial charge on any atom is 0.170 e. The van der Waals surface area contributed by atoms with E-state index in [0.717, 1.165) is 24.0 Å². The van der Waals surface area contributed by atoms with Crippen LogP contribution in [0.25, 0.3) is 11.0 Å². The molecule has 0 saturated carbocycles. The van der Waals surface area contributed by atoms with Crippen LogP contribution in [0.2, 0.25) is 0 Å². The number of para-hydroxylation sites is 1. The summed E-state index contributed by atoms with van der Waals surface area (Å²) in [5, 5.41) is 5.26. The number of fused-ring (bicyclic) bond motifs is 2. The van der Waals surface area contributed by atoms with Crippen molar-refractivity contribution < 1.29 is 8.91 Å². The Morgan fingerprint density at radius 2 is 1.89 bits per heavy atom. The third-order valence-electron chi connectivity index (χ3n) is 6.44. The molecule has 146 valence electrons. The molecule has 5 heteroatoms. The fourth-order valence-corrected chi connectivity index (χ4v) is 4.93. The van der Waals surface area contributed by atoms with E-state index in [9.17, 15) is 4.39 Å². The zero-order valence-electron chi connectivity index (χ0n) is 16.3. The first-order valence-corrected chi connectivity index (χ1v) is 10.4. The SMILES string of the molecule is CC(N1CCCCC1)N1CCC(c2noc3cc(F)ccc23)c2ccccc21. The van der Waals surface area contributed by atoms with E-state index in [2.05, 4.69) is 46.1 Å². The molecular formula is C23H26FN3O. The number of halogens is 1. The molecule has 1 saturated heterocycles. The number of aromatic nitrogens is 1. The Morgan fingerprint density at radius 3 is 2.75 bits per heavy atom. The zero-order valence-corrected chi connectivity index (χ0v) is 16.3. The van der Waals surface area contributed by atoms with Gasteiger partial charge in [-0.2, -0.15) is 0 Å². The molecule has 5 rings (SSSR count). The van der Waals surface area contributed by atoms with Gasteiger partial charge in [-0.3, -0.25) is 4.90 Å². The number of hydrogen-bond donors (Lipinski definition) is 0. The van der Waals surface area contributed by atoms with Crippen LogP contribution >= 0.6 is 0 Å². The largest absolute Gasteiger partial charge is 0.356 e. The number of likely N-dealkylation sites (tertiary alicyclic amines) is 1. The smallest absolute Gasteiger partial charge is 0.170 e. The lowest BCUT2D eigenvalue weighted by molar-refractivity contribution is 0.167. The van der Waals surface area contributed by atoms with E-state index < -0.39 is 0 Å². The summed E-state index contributed by atoms with van der Waals surface area (Å²) in [4.78, 5) is 5.15. The van der Waals surface area contributed by atoms with Crippen LogP contribution in [0.1, 0.15) is 49.8 Å². The number of nitrogens with zero attached hydrogens (tertiary/aromatic N) is 3. The molecule has 2 unspecified atom stereocenters. The first kappa shape index (κ1) is 17.7. The highest BCUT2D eigenvalue weighted by Gasteiger charge is 2.33. The van der Waals surface area contributed by atoms with Crippen LogP contribution in [0.4, 0.5) is 10.1 Å². The molecule has 0 spiro atoms. The van der Waals surface area contributed by atoms with Gasteiger partial charge in [-0.25, -0.2) is 4.39 Å². The highest BCUT2D eigenvalue weighted by Crippen LogP contribution is 2.42. The summed E-state index contributed by atoms with van der Waals surface area (Å²) in [6.45, 7) is 5.68. The molecule has 0 N–H and O–H groups in total. The number of rotatable bonds is 3. The quantitative estimate of drug-likeness (QED) is 0.631. The highest BCUT2D eigenvalue weighted by atomic mass is 19.1. The van der Waals surface area contributed by atoms with Gasteiger partial charge in [0.1, 0.15) is 5.82 Å². The van der Waals surface area contributed by atoms with Crippen molar-refractivity contribution in [2.75, 3.05) is 24.5 Å². The van der Waals surface area contributed by atoms with Crippen LogP contribution in [0.15, 0.2) is 47.0 Å². The van der Waals surface area contributed by atoms with Crippen molar-refractivity contribution in [1.82, 2.24) is 10.1 Å². The molecule has 2 aliphatic heterocycles. The summed E-state index contributed by atoms with van der Waals surface area (Å²) in [7, 11) is 0. The van der Waals surface area contributed by atoms with Crippen molar-refractivity contribution in [1.29, 1.82) is 0 Å². The summed E-state index contributed by atoms with van der Waals surface area (Å²) in [6.07, 6.45) is 5.31. The summed E-state index contributed by atoms with van der Waals surface area (Å²) in [6, 6.07) is 13.4. The monoisotopic (exact) mass is 379 g/mol. The van der Waals surface area contributed by atoms with E-state index in [1.54, 1.807) is 6.07 Å². The Hall–Kier alpha value is -2.40. The molecule has 0 bridgehead atoms. The Morgan fingerprint density at radius 1 is 1.07 bits per heavy atom. The minimum atomic E-state index is -0.291. The van der Waals surface area contributed by atoms with Crippen molar-refractivity contribution >= 4 is 16.7 Å². The van der Waals surface area contributed by atoms with Gasteiger partial charge < -0.3 is 9.42 Å². The maximum absolute atomic E-state index is 13.5. The van der Waals surface area contributed by atoms with Crippen molar-refractivity contribution in [3.63, 3.8) is 0 Å². The third-order valence-corrected chi connectivity index (χ3v) is 6.44. The molecule has 1 fully saturated rings. The van der Waals surface area contributed by atoms with Gasteiger partial charge in [0, 0.05) is 42.7 Å². The standard InChI is InChI=1S/C23H26FN3O/c1-16(26-12-5-2-6-13-26)27-14-11-19(18-7-3-4-8-21(18)27)23-20-10-9-17(24)15-22(20)28-25-23/h3-4,7-10,15-16,19H,2,5-6,11-14H2,1H3. The zero-order chi connectivity index (χ0) is 19.1. The lowest BCUT2D eigenvalue weighted by atomic mass is 9.86. The number of hydrogen-bond acceptors (Lipinski definition) is 4. The van der Waals surface area contributed by atoms with E-state index in [-0.39, 0.29) is 11.7 Å². The van der Waals surface area contributed by atoms with Gasteiger partial charge in [0.2, 0.25) is 0 Å². The summed E-state index contributed by atoms with van der Waals surface area (Å²) < 4.78 is 19.0. The first-order chi connectivity index (χ1) is 13.7. The van der Waals surface area contributed by atoms with E-state index in [1.165, 1.54) is 55.7 Å². The average molecular weight is 379 g/mol. The molecule has 1 aromatic heterocycles. The minimum absolute atomic E-state index is 0.174. The highest BCUT2D eigenvalue weighted by molar-refractivity contribution is 5.81. The Labute approximate surface area is 164 Å². The molecule has 0 radical (unpaired) electrons. The van der Waals surface area contributed by atoms with Gasteiger partial charge in [0.05, 0.1) is 11.9 Å². The predicted molar refractivity (Wildman–Crippen MR) is 109 cm³/mol. The maximum atomic E-state index is 13.5. The Balaban J connectivity index is 1.51. The summed E-state index contributed by atoms with van der Waals surface area (Å²) in [5.41, 5.74) is 4.02. The topological polar surface area (TPSA) is 32.5 Å². The second-order valence-corrected chi connectivity index (χ2v) is 8.03. The molecule has 3 heterocycles. The molecular weight excluding hydrogens is 353 g/mol. The van der Waals surface area contributed by atoms with Gasteiger partial charge in [-0.05, 0) is 49.9 Å². The molecule has 3 aromatic rings. The van der Waals surface area contributed by atoms with Crippen LogP contribution in [-0.4, -0.2) is 35.9 Å². The van der Waals surface area contributed by atoms with Gasteiger partial charge >= 0.3 is 0 Å². The molecule has 2 aliphatic rings.